The molecular weight excluding hydrogens is 324 g/mol. The molecule has 0 saturated carbocycles. The fourth-order valence-corrected chi connectivity index (χ4v) is 2.78. The average Bonchev–Trinajstić information content (AvgIpc) is 3.30. The summed E-state index contributed by atoms with van der Waals surface area (Å²) in [4.78, 5) is 24.1. The third-order valence-corrected chi connectivity index (χ3v) is 4.25. The van der Waals surface area contributed by atoms with Crippen LogP contribution in [0.1, 0.15) is 21.9 Å². The van der Waals surface area contributed by atoms with Gasteiger partial charge in [-0.3, -0.25) is 20.4 Å². The molecule has 0 bridgehead atoms. The molecule has 0 unspecified atom stereocenters. The molecule has 122 valence electrons. The van der Waals surface area contributed by atoms with Crippen LogP contribution in [0, 0.1) is 0 Å². The highest BCUT2D eigenvalue weighted by Gasteiger charge is 2.10. The highest BCUT2D eigenvalue weighted by atomic mass is 32.1. The van der Waals surface area contributed by atoms with Gasteiger partial charge in [-0.1, -0.05) is 36.4 Å². The monoisotopic (exact) mass is 340 g/mol. The Kier molecular flexibility index (Phi) is 5.08. The molecule has 1 aromatic carbocycles. The first kappa shape index (κ1) is 16.0. The minimum atomic E-state index is -0.317. The first-order chi connectivity index (χ1) is 11.7. The van der Waals surface area contributed by atoms with Crippen molar-refractivity contribution in [3.05, 3.63) is 70.6 Å². The van der Waals surface area contributed by atoms with Crippen LogP contribution >= 0.6 is 11.3 Å². The van der Waals surface area contributed by atoms with Gasteiger partial charge in [-0.05, 0) is 23.6 Å². The number of nitrogens with one attached hydrogen (secondary N) is 2. The first-order valence-corrected chi connectivity index (χ1v) is 8.37. The zero-order valence-electron chi connectivity index (χ0n) is 12.8. The van der Waals surface area contributed by atoms with Gasteiger partial charge in [-0.15, -0.1) is 11.3 Å². The molecule has 0 spiro atoms. The van der Waals surface area contributed by atoms with Crippen LogP contribution in [0.15, 0.2) is 64.4 Å². The third-order valence-electron chi connectivity index (χ3n) is 3.38. The zero-order valence-corrected chi connectivity index (χ0v) is 13.6. The molecule has 0 atom stereocenters. The number of carbonyl (C=O) groups excluding carboxylic acids is 2. The second kappa shape index (κ2) is 7.61. The van der Waals surface area contributed by atoms with E-state index in [1.807, 2.05) is 42.5 Å². The van der Waals surface area contributed by atoms with Gasteiger partial charge in [-0.25, -0.2) is 0 Å². The predicted molar refractivity (Wildman–Crippen MR) is 92.4 cm³/mol. The summed E-state index contributed by atoms with van der Waals surface area (Å²) in [6.45, 7) is 0. The number of rotatable bonds is 5. The summed E-state index contributed by atoms with van der Waals surface area (Å²) in [6, 6.07) is 17.0. The molecule has 0 aliphatic carbocycles. The van der Waals surface area contributed by atoms with Crippen LogP contribution in [0.5, 0.6) is 0 Å². The molecule has 0 aliphatic heterocycles. The second-order valence-electron chi connectivity index (χ2n) is 5.11. The molecule has 2 aromatic heterocycles. The van der Waals surface area contributed by atoms with Gasteiger partial charge in [-0.2, -0.15) is 0 Å². The van der Waals surface area contributed by atoms with Crippen molar-refractivity contribution in [2.45, 2.75) is 12.8 Å². The Hall–Kier alpha value is -2.86. The molecule has 0 radical (unpaired) electrons. The van der Waals surface area contributed by atoms with E-state index in [1.165, 1.54) is 11.3 Å². The largest absolute Gasteiger partial charge is 0.461 e. The van der Waals surface area contributed by atoms with Gasteiger partial charge >= 0.3 is 0 Å². The van der Waals surface area contributed by atoms with E-state index in [4.69, 9.17) is 4.42 Å². The Bertz CT molecular complexity index is 810. The van der Waals surface area contributed by atoms with Gasteiger partial charge in [0.25, 0.3) is 5.91 Å². The number of hydrogen-bond acceptors (Lipinski definition) is 4. The third kappa shape index (κ3) is 4.11. The Morgan fingerprint density at radius 3 is 2.54 bits per heavy atom. The number of thiophene rings is 1. The molecule has 5 nitrogen and oxygen atoms in total. The Balaban J connectivity index is 1.46. The van der Waals surface area contributed by atoms with Crippen molar-refractivity contribution in [2.24, 2.45) is 0 Å². The molecule has 2 amide bonds. The molecule has 0 aliphatic rings. The van der Waals surface area contributed by atoms with Crippen molar-refractivity contribution >= 4 is 23.2 Å². The number of aryl methyl sites for hydroxylation is 1. The standard InChI is InChI=1S/C18H16N2O3S/c21-17(19-20-18(22)16-7-4-12-24-16)11-9-14-8-10-15(23-14)13-5-2-1-3-6-13/h1-8,10,12H,9,11H2,(H,19,21)(H,20,22). The van der Waals surface area contributed by atoms with Crippen molar-refractivity contribution < 1.29 is 14.0 Å². The highest BCUT2D eigenvalue weighted by molar-refractivity contribution is 7.12. The van der Waals surface area contributed by atoms with Crippen LogP contribution in [-0.4, -0.2) is 11.8 Å². The SMILES string of the molecule is O=C(CCc1ccc(-c2ccccc2)o1)NNC(=O)c1cccs1. The summed E-state index contributed by atoms with van der Waals surface area (Å²) in [5.74, 6) is 0.922. The van der Waals surface area contributed by atoms with E-state index < -0.39 is 0 Å². The van der Waals surface area contributed by atoms with E-state index in [-0.39, 0.29) is 18.2 Å². The molecule has 24 heavy (non-hydrogen) atoms. The topological polar surface area (TPSA) is 71.3 Å². The maximum atomic E-state index is 11.8. The molecular formula is C18H16N2O3S. The Labute approximate surface area is 143 Å². The van der Waals surface area contributed by atoms with Gasteiger partial charge < -0.3 is 4.42 Å². The molecule has 3 aromatic rings. The molecule has 0 saturated heterocycles. The van der Waals surface area contributed by atoms with Crippen molar-refractivity contribution in [2.75, 3.05) is 0 Å². The lowest BCUT2D eigenvalue weighted by Crippen LogP contribution is -2.41. The summed E-state index contributed by atoms with van der Waals surface area (Å²) in [5.41, 5.74) is 5.80. The van der Waals surface area contributed by atoms with Crippen LogP contribution in [0.2, 0.25) is 0 Å². The lowest BCUT2D eigenvalue weighted by molar-refractivity contribution is -0.121. The Morgan fingerprint density at radius 1 is 0.958 bits per heavy atom. The van der Waals surface area contributed by atoms with Gasteiger partial charge in [0.1, 0.15) is 11.5 Å². The summed E-state index contributed by atoms with van der Waals surface area (Å²) < 4.78 is 5.74. The van der Waals surface area contributed by atoms with Gasteiger partial charge in [0.2, 0.25) is 5.91 Å². The van der Waals surface area contributed by atoms with Gasteiger partial charge in [0, 0.05) is 18.4 Å². The van der Waals surface area contributed by atoms with Gasteiger partial charge in [0.05, 0.1) is 4.88 Å². The minimum Gasteiger partial charge on any atom is -0.461 e. The number of hydrogen-bond donors (Lipinski definition) is 2. The lowest BCUT2D eigenvalue weighted by atomic mass is 10.2. The van der Waals surface area contributed by atoms with E-state index in [0.717, 1.165) is 17.1 Å². The maximum absolute atomic E-state index is 11.8. The number of furan rings is 1. The van der Waals surface area contributed by atoms with Crippen molar-refractivity contribution in [3.8, 4) is 11.3 Å². The van der Waals surface area contributed by atoms with E-state index in [0.29, 0.717) is 11.3 Å². The van der Waals surface area contributed by atoms with Crippen LogP contribution in [0.3, 0.4) is 0 Å². The van der Waals surface area contributed by atoms with E-state index in [1.54, 1.807) is 17.5 Å². The Morgan fingerprint density at radius 2 is 1.79 bits per heavy atom. The second-order valence-corrected chi connectivity index (χ2v) is 6.06. The lowest BCUT2D eigenvalue weighted by Gasteiger charge is -2.05. The van der Waals surface area contributed by atoms with Crippen LogP contribution < -0.4 is 10.9 Å². The average molecular weight is 340 g/mol. The number of benzene rings is 1. The van der Waals surface area contributed by atoms with Gasteiger partial charge in [0.15, 0.2) is 0 Å². The van der Waals surface area contributed by atoms with Crippen molar-refractivity contribution in [3.63, 3.8) is 0 Å². The maximum Gasteiger partial charge on any atom is 0.279 e. The summed E-state index contributed by atoms with van der Waals surface area (Å²) in [7, 11) is 0. The molecule has 0 fully saturated rings. The number of hydrazine groups is 1. The van der Waals surface area contributed by atoms with E-state index in [2.05, 4.69) is 10.9 Å². The number of amides is 2. The normalized spacial score (nSPS) is 10.3. The van der Waals surface area contributed by atoms with Crippen molar-refractivity contribution in [1.82, 2.24) is 10.9 Å². The zero-order chi connectivity index (χ0) is 16.8. The molecule has 3 rings (SSSR count). The fraction of sp³-hybridized carbons (Fsp3) is 0.111. The van der Waals surface area contributed by atoms with Crippen LogP contribution in [-0.2, 0) is 11.2 Å². The minimum absolute atomic E-state index is 0.229. The molecule has 6 heteroatoms. The first-order valence-electron chi connectivity index (χ1n) is 7.49. The van der Waals surface area contributed by atoms with Crippen molar-refractivity contribution in [1.29, 1.82) is 0 Å². The quantitative estimate of drug-likeness (QED) is 0.699. The summed E-state index contributed by atoms with van der Waals surface area (Å²) >= 11 is 1.32. The fourth-order valence-electron chi connectivity index (χ4n) is 2.16. The molecule has 2 heterocycles. The van der Waals surface area contributed by atoms with Crippen LogP contribution in [0.4, 0.5) is 0 Å². The summed E-state index contributed by atoms with van der Waals surface area (Å²) in [6.07, 6.45) is 0.694. The number of carbonyl (C=O) groups is 2. The molecule has 2 N–H and O–H groups in total. The predicted octanol–water partition coefficient (Wildman–Crippen LogP) is 3.40. The van der Waals surface area contributed by atoms with E-state index >= 15 is 0 Å². The van der Waals surface area contributed by atoms with E-state index in [9.17, 15) is 9.59 Å². The summed E-state index contributed by atoms with van der Waals surface area (Å²) in [5, 5.41) is 1.80. The van der Waals surface area contributed by atoms with Crippen LogP contribution in [0.25, 0.3) is 11.3 Å². The highest BCUT2D eigenvalue weighted by Crippen LogP contribution is 2.22. The smallest absolute Gasteiger partial charge is 0.279 e.